The van der Waals surface area contributed by atoms with E-state index in [1.54, 1.807) is 13.8 Å². The van der Waals surface area contributed by atoms with Gasteiger partial charge in [0.2, 0.25) is 0 Å². The van der Waals surface area contributed by atoms with Crippen molar-refractivity contribution in [2.24, 2.45) is 0 Å². The Morgan fingerprint density at radius 3 is 2.73 bits per heavy atom. The number of nitrogens with one attached hydrogen (secondary N) is 1. The number of rotatable bonds is 4. The van der Waals surface area contributed by atoms with Gasteiger partial charge in [-0.15, -0.1) is 11.3 Å². The van der Waals surface area contributed by atoms with Crippen LogP contribution in [0.2, 0.25) is 4.34 Å². The number of hydrogen-bond donors (Lipinski definition) is 1. The molecule has 0 bridgehead atoms. The summed E-state index contributed by atoms with van der Waals surface area (Å²) in [7, 11) is 1.38. The van der Waals surface area contributed by atoms with Crippen LogP contribution in [0.3, 0.4) is 0 Å². The van der Waals surface area contributed by atoms with Crippen LogP contribution in [0.25, 0.3) is 0 Å². The van der Waals surface area contributed by atoms with E-state index in [9.17, 15) is 4.79 Å². The van der Waals surface area contributed by atoms with Gasteiger partial charge in [0.25, 0.3) is 0 Å². The van der Waals surface area contributed by atoms with Crippen molar-refractivity contribution in [2.45, 2.75) is 25.9 Å². The van der Waals surface area contributed by atoms with Gasteiger partial charge in [0, 0.05) is 11.4 Å². The first-order chi connectivity index (χ1) is 6.95. The van der Waals surface area contributed by atoms with Gasteiger partial charge in [-0.2, -0.15) is 0 Å². The maximum absolute atomic E-state index is 11.4. The molecule has 0 fully saturated rings. The first kappa shape index (κ1) is 12.5. The molecule has 0 saturated carbocycles. The zero-order valence-electron chi connectivity index (χ0n) is 8.96. The van der Waals surface area contributed by atoms with Crippen LogP contribution in [0.4, 0.5) is 0 Å². The molecule has 1 aromatic heterocycles. The summed E-state index contributed by atoms with van der Waals surface area (Å²) in [5.41, 5.74) is -0.675. The molecule has 3 nitrogen and oxygen atoms in total. The number of halogens is 1. The van der Waals surface area contributed by atoms with E-state index >= 15 is 0 Å². The van der Waals surface area contributed by atoms with Gasteiger partial charge >= 0.3 is 5.97 Å². The minimum atomic E-state index is -0.675. The Bertz CT molecular complexity index is 349. The third kappa shape index (κ3) is 3.48. The number of thiophene rings is 1. The Morgan fingerprint density at radius 1 is 1.60 bits per heavy atom. The summed E-state index contributed by atoms with van der Waals surface area (Å²) in [6.45, 7) is 4.18. The van der Waals surface area contributed by atoms with Crippen LogP contribution >= 0.6 is 22.9 Å². The SMILES string of the molecule is COC(=O)C(C)(C)NCc1ccc(Cl)s1. The minimum absolute atomic E-state index is 0.273. The second-order valence-electron chi connectivity index (χ2n) is 3.68. The average Bonchev–Trinajstić information content (AvgIpc) is 2.60. The summed E-state index contributed by atoms with van der Waals surface area (Å²) < 4.78 is 5.44. The molecule has 0 radical (unpaired) electrons. The molecule has 1 heterocycles. The molecule has 0 atom stereocenters. The molecular weight excluding hydrogens is 234 g/mol. The van der Waals surface area contributed by atoms with Crippen LogP contribution in [0.1, 0.15) is 18.7 Å². The molecule has 15 heavy (non-hydrogen) atoms. The predicted octanol–water partition coefficient (Wildman–Crippen LogP) is 2.44. The zero-order valence-corrected chi connectivity index (χ0v) is 10.5. The number of carbonyl (C=O) groups excluding carboxylic acids is 1. The van der Waals surface area contributed by atoms with Gasteiger partial charge < -0.3 is 4.74 Å². The third-order valence-corrected chi connectivity index (χ3v) is 3.26. The van der Waals surface area contributed by atoms with Crippen molar-refractivity contribution in [1.29, 1.82) is 0 Å². The van der Waals surface area contributed by atoms with E-state index in [0.29, 0.717) is 6.54 Å². The minimum Gasteiger partial charge on any atom is -0.468 e. The topological polar surface area (TPSA) is 38.3 Å². The number of ether oxygens (including phenoxy) is 1. The Hall–Kier alpha value is -0.580. The van der Waals surface area contributed by atoms with Gasteiger partial charge in [0.15, 0.2) is 0 Å². The monoisotopic (exact) mass is 247 g/mol. The highest BCUT2D eigenvalue weighted by molar-refractivity contribution is 7.16. The standard InChI is InChI=1S/C10H14ClNO2S/c1-10(2,9(13)14-3)12-6-7-4-5-8(11)15-7/h4-5,12H,6H2,1-3H3. The average molecular weight is 248 g/mol. The van der Waals surface area contributed by atoms with Crippen LogP contribution in [-0.4, -0.2) is 18.6 Å². The molecular formula is C10H14ClNO2S. The van der Waals surface area contributed by atoms with Crippen molar-refractivity contribution < 1.29 is 9.53 Å². The molecule has 1 aromatic rings. The Morgan fingerprint density at radius 2 is 2.27 bits per heavy atom. The van der Waals surface area contributed by atoms with E-state index in [4.69, 9.17) is 11.6 Å². The highest BCUT2D eigenvalue weighted by Gasteiger charge is 2.27. The fraction of sp³-hybridized carbons (Fsp3) is 0.500. The van der Waals surface area contributed by atoms with Crippen LogP contribution in [0.5, 0.6) is 0 Å². The van der Waals surface area contributed by atoms with Gasteiger partial charge in [-0.05, 0) is 26.0 Å². The van der Waals surface area contributed by atoms with Crippen molar-refractivity contribution in [3.8, 4) is 0 Å². The summed E-state index contributed by atoms with van der Waals surface area (Å²) >= 11 is 7.30. The number of carbonyl (C=O) groups is 1. The lowest BCUT2D eigenvalue weighted by Crippen LogP contribution is -2.46. The predicted molar refractivity (Wildman–Crippen MR) is 62.3 cm³/mol. The van der Waals surface area contributed by atoms with Crippen LogP contribution < -0.4 is 5.32 Å². The summed E-state index contributed by atoms with van der Waals surface area (Å²) in [4.78, 5) is 12.4. The van der Waals surface area contributed by atoms with Crippen molar-refractivity contribution in [2.75, 3.05) is 7.11 Å². The molecule has 84 valence electrons. The van der Waals surface area contributed by atoms with Gasteiger partial charge in [-0.25, -0.2) is 0 Å². The highest BCUT2D eigenvalue weighted by atomic mass is 35.5. The smallest absolute Gasteiger partial charge is 0.325 e. The summed E-state index contributed by atoms with van der Waals surface area (Å²) in [5, 5.41) is 3.12. The molecule has 1 N–H and O–H groups in total. The molecule has 0 saturated heterocycles. The molecule has 0 unspecified atom stereocenters. The van der Waals surface area contributed by atoms with E-state index < -0.39 is 5.54 Å². The lowest BCUT2D eigenvalue weighted by molar-refractivity contribution is -0.147. The summed E-state index contributed by atoms with van der Waals surface area (Å²) in [6, 6.07) is 3.78. The van der Waals surface area contributed by atoms with E-state index in [-0.39, 0.29) is 5.97 Å². The third-order valence-electron chi connectivity index (χ3n) is 2.03. The second-order valence-corrected chi connectivity index (χ2v) is 5.48. The molecule has 0 amide bonds. The normalized spacial score (nSPS) is 11.5. The number of methoxy groups -OCH3 is 1. The fourth-order valence-corrected chi connectivity index (χ4v) is 2.11. The lowest BCUT2D eigenvalue weighted by Gasteiger charge is -2.22. The largest absolute Gasteiger partial charge is 0.468 e. The first-order valence-electron chi connectivity index (χ1n) is 4.53. The van der Waals surface area contributed by atoms with Crippen molar-refractivity contribution in [1.82, 2.24) is 5.32 Å². The van der Waals surface area contributed by atoms with E-state index in [1.807, 2.05) is 12.1 Å². The summed E-state index contributed by atoms with van der Waals surface area (Å²) in [6.07, 6.45) is 0. The van der Waals surface area contributed by atoms with Gasteiger partial charge in [-0.1, -0.05) is 11.6 Å². The van der Waals surface area contributed by atoms with Gasteiger partial charge in [0.05, 0.1) is 11.4 Å². The fourth-order valence-electron chi connectivity index (χ4n) is 1.08. The molecule has 0 aliphatic carbocycles. The maximum Gasteiger partial charge on any atom is 0.325 e. The second kappa shape index (κ2) is 4.96. The highest BCUT2D eigenvalue weighted by Crippen LogP contribution is 2.21. The molecule has 0 spiro atoms. The number of esters is 1. The van der Waals surface area contributed by atoms with Crippen molar-refractivity contribution in [3.63, 3.8) is 0 Å². The quantitative estimate of drug-likeness (QED) is 0.831. The van der Waals surface area contributed by atoms with Crippen LogP contribution in [-0.2, 0) is 16.1 Å². The Balaban J connectivity index is 2.53. The van der Waals surface area contributed by atoms with Gasteiger partial charge in [-0.3, -0.25) is 10.1 Å². The molecule has 0 aromatic carbocycles. The molecule has 1 rings (SSSR count). The zero-order chi connectivity index (χ0) is 11.5. The van der Waals surface area contributed by atoms with Crippen LogP contribution in [0, 0.1) is 0 Å². The molecule has 0 aliphatic rings. The Labute approximate surface area is 98.4 Å². The molecule has 5 heteroatoms. The van der Waals surface area contributed by atoms with Crippen molar-refractivity contribution >= 4 is 28.9 Å². The molecule has 0 aliphatic heterocycles. The van der Waals surface area contributed by atoms with E-state index in [0.717, 1.165) is 9.21 Å². The van der Waals surface area contributed by atoms with Gasteiger partial charge in [0.1, 0.15) is 5.54 Å². The van der Waals surface area contributed by atoms with E-state index in [1.165, 1.54) is 18.4 Å². The summed E-state index contributed by atoms with van der Waals surface area (Å²) in [5.74, 6) is -0.273. The maximum atomic E-state index is 11.4. The van der Waals surface area contributed by atoms with E-state index in [2.05, 4.69) is 10.1 Å². The van der Waals surface area contributed by atoms with Crippen LogP contribution in [0.15, 0.2) is 12.1 Å². The first-order valence-corrected chi connectivity index (χ1v) is 5.73. The van der Waals surface area contributed by atoms with Crippen molar-refractivity contribution in [3.05, 3.63) is 21.3 Å². The Kier molecular flexibility index (Phi) is 4.13. The lowest BCUT2D eigenvalue weighted by atomic mass is 10.1. The number of hydrogen-bond acceptors (Lipinski definition) is 4.